The summed E-state index contributed by atoms with van der Waals surface area (Å²) in [5.41, 5.74) is 11.9. The zero-order valence-electron chi connectivity index (χ0n) is 16.9. The molecule has 1 saturated heterocycles. The highest BCUT2D eigenvalue weighted by Crippen LogP contribution is 2.35. The number of pyridine rings is 1. The van der Waals surface area contributed by atoms with E-state index >= 15 is 0 Å². The van der Waals surface area contributed by atoms with Crippen LogP contribution in [0.3, 0.4) is 0 Å². The minimum absolute atomic E-state index is 0.0398. The highest BCUT2D eigenvalue weighted by molar-refractivity contribution is 5.83. The van der Waals surface area contributed by atoms with Crippen LogP contribution in [0.1, 0.15) is 6.23 Å². The molecular weight excluding hydrogens is 434 g/mol. The molecule has 1 aliphatic heterocycles. The van der Waals surface area contributed by atoms with Gasteiger partial charge in [-0.25, -0.2) is 9.97 Å². The van der Waals surface area contributed by atoms with E-state index in [9.17, 15) is 20.1 Å². The van der Waals surface area contributed by atoms with Gasteiger partial charge in [-0.15, -0.1) is 10.2 Å². The predicted octanol–water partition coefficient (Wildman–Crippen LogP) is -0.141. The molecular formula is C19H19N9O5. The number of nitrogens with one attached hydrogen (secondary N) is 1. The maximum Gasteiger partial charge on any atom is 0.280 e. The fourth-order valence-corrected chi connectivity index (χ4v) is 3.67. The number of anilines is 2. The molecule has 0 radical (unpaired) electrons. The first kappa shape index (κ1) is 20.9. The van der Waals surface area contributed by atoms with Gasteiger partial charge in [0, 0.05) is 11.1 Å². The van der Waals surface area contributed by atoms with Crippen LogP contribution >= 0.6 is 0 Å². The van der Waals surface area contributed by atoms with Gasteiger partial charge < -0.3 is 31.5 Å². The van der Waals surface area contributed by atoms with E-state index in [2.05, 4.69) is 30.2 Å². The molecule has 4 heterocycles. The average molecular weight is 453 g/mol. The number of aromatic amines is 1. The number of nitrogens with two attached hydrogens (primary N) is 2. The lowest BCUT2D eigenvalue weighted by atomic mass is 10.1. The van der Waals surface area contributed by atoms with Crippen LogP contribution in [0.5, 0.6) is 0 Å². The number of ether oxygens (including phenoxy) is 1. The molecule has 3 aromatic heterocycles. The second-order valence-corrected chi connectivity index (χ2v) is 7.46. The first-order valence-corrected chi connectivity index (χ1v) is 9.84. The number of azo groups is 1. The minimum Gasteiger partial charge on any atom is -0.399 e. The lowest BCUT2D eigenvalue weighted by Gasteiger charge is -2.17. The summed E-state index contributed by atoms with van der Waals surface area (Å²) >= 11 is 0. The van der Waals surface area contributed by atoms with Crippen molar-refractivity contribution in [2.75, 3.05) is 18.1 Å². The van der Waals surface area contributed by atoms with Gasteiger partial charge in [-0.3, -0.25) is 14.3 Å². The zero-order chi connectivity index (χ0) is 23.3. The van der Waals surface area contributed by atoms with E-state index in [0.29, 0.717) is 11.2 Å². The molecule has 0 spiro atoms. The fourth-order valence-electron chi connectivity index (χ4n) is 3.67. The molecule has 8 N–H and O–H groups in total. The summed E-state index contributed by atoms with van der Waals surface area (Å²) in [5, 5.41) is 39.1. The second kappa shape index (κ2) is 7.86. The second-order valence-electron chi connectivity index (χ2n) is 7.46. The number of nitrogen functional groups attached to an aromatic ring is 2. The topological polar surface area (TPSA) is 223 Å². The van der Waals surface area contributed by atoms with Crippen molar-refractivity contribution in [2.45, 2.75) is 24.5 Å². The van der Waals surface area contributed by atoms with Gasteiger partial charge in [0.05, 0.1) is 12.1 Å². The Morgan fingerprint density at radius 1 is 1.09 bits per heavy atom. The van der Waals surface area contributed by atoms with Crippen LogP contribution in [0.15, 0.2) is 45.4 Å². The van der Waals surface area contributed by atoms with E-state index in [-0.39, 0.29) is 28.9 Å². The monoisotopic (exact) mass is 453 g/mol. The zero-order valence-corrected chi connectivity index (χ0v) is 16.9. The van der Waals surface area contributed by atoms with Crippen molar-refractivity contribution in [1.29, 1.82) is 0 Å². The Labute approximate surface area is 184 Å². The number of rotatable bonds is 4. The average Bonchev–Trinajstić information content (AvgIpc) is 3.29. The quantitative estimate of drug-likeness (QED) is 0.177. The number of hydrogen-bond donors (Lipinski definition) is 6. The number of aliphatic hydroxyl groups excluding tert-OH is 3. The normalized spacial score (nSPS) is 23.2. The predicted molar refractivity (Wildman–Crippen MR) is 116 cm³/mol. The Morgan fingerprint density at radius 3 is 2.67 bits per heavy atom. The molecule has 0 amide bonds. The number of aromatic nitrogens is 5. The number of fused-ring (bicyclic) bond motifs is 2. The fraction of sp³-hybridized carbons (Fsp3) is 0.263. The number of benzene rings is 1. The summed E-state index contributed by atoms with van der Waals surface area (Å²) in [4.78, 5) is 27.3. The summed E-state index contributed by atoms with van der Waals surface area (Å²) < 4.78 is 6.77. The largest absolute Gasteiger partial charge is 0.399 e. The number of nitrogens with zero attached hydrogens (tertiary/aromatic N) is 6. The van der Waals surface area contributed by atoms with Crippen LogP contribution < -0.4 is 17.0 Å². The van der Waals surface area contributed by atoms with Crippen molar-refractivity contribution in [3.63, 3.8) is 0 Å². The number of hydrogen-bond acceptors (Lipinski definition) is 12. The van der Waals surface area contributed by atoms with E-state index in [4.69, 9.17) is 16.2 Å². The number of H-pyrrole nitrogens is 1. The minimum atomic E-state index is -1.47. The van der Waals surface area contributed by atoms with Crippen molar-refractivity contribution in [1.82, 2.24) is 24.5 Å². The molecule has 1 aliphatic rings. The molecule has 4 atom stereocenters. The molecule has 5 rings (SSSR count). The third kappa shape index (κ3) is 3.56. The van der Waals surface area contributed by atoms with Crippen LogP contribution in [0.25, 0.3) is 22.1 Å². The number of aliphatic hydroxyl groups is 3. The van der Waals surface area contributed by atoms with Crippen LogP contribution in [0, 0.1) is 0 Å². The summed E-state index contributed by atoms with van der Waals surface area (Å²) in [5.74, 6) is -0.101. The van der Waals surface area contributed by atoms with Crippen LogP contribution in [0.4, 0.5) is 23.4 Å². The molecule has 0 aliphatic carbocycles. The molecule has 1 aromatic carbocycles. The van der Waals surface area contributed by atoms with Crippen LogP contribution in [-0.2, 0) is 4.74 Å². The Kier molecular flexibility index (Phi) is 4.98. The van der Waals surface area contributed by atoms with E-state index in [0.717, 1.165) is 5.39 Å². The highest BCUT2D eigenvalue weighted by atomic mass is 16.6. The summed E-state index contributed by atoms with van der Waals surface area (Å²) in [6.07, 6.45) is -5.20. The lowest BCUT2D eigenvalue weighted by Crippen LogP contribution is -2.33. The Morgan fingerprint density at radius 2 is 1.91 bits per heavy atom. The summed E-state index contributed by atoms with van der Waals surface area (Å²) in [6.45, 7) is -0.542. The maximum atomic E-state index is 12.4. The molecule has 33 heavy (non-hydrogen) atoms. The lowest BCUT2D eigenvalue weighted by molar-refractivity contribution is -0.0503. The van der Waals surface area contributed by atoms with E-state index in [1.807, 2.05) is 0 Å². The molecule has 14 nitrogen and oxygen atoms in total. The SMILES string of the molecule is Nc1ccc2nc(/N=N/c3nc4c(=O)[nH]c(N)nc4n3[C@@H]3O[C@H](CO)[C@@H](O)[C@H]3O)ccc2c1. The molecule has 0 saturated carbocycles. The molecule has 1 fully saturated rings. The van der Waals surface area contributed by atoms with Gasteiger partial charge in [0.1, 0.15) is 18.3 Å². The molecule has 0 bridgehead atoms. The van der Waals surface area contributed by atoms with Crippen molar-refractivity contribution >= 4 is 45.5 Å². The van der Waals surface area contributed by atoms with Crippen LogP contribution in [-0.4, -0.2) is 64.7 Å². The molecule has 4 aromatic rings. The van der Waals surface area contributed by atoms with Gasteiger partial charge in [-0.05, 0) is 30.3 Å². The maximum absolute atomic E-state index is 12.4. The van der Waals surface area contributed by atoms with Gasteiger partial charge in [-0.2, -0.15) is 4.98 Å². The van der Waals surface area contributed by atoms with E-state index in [1.54, 1.807) is 30.3 Å². The molecule has 0 unspecified atom stereocenters. The van der Waals surface area contributed by atoms with Gasteiger partial charge in [0.25, 0.3) is 11.5 Å². The van der Waals surface area contributed by atoms with Gasteiger partial charge in [-0.1, -0.05) is 0 Å². The molecule has 170 valence electrons. The standard InChI is InChI=1S/C19H19N9O5/c20-8-2-3-9-7(5-8)1-4-11(22-9)26-27-19-23-12-15(24-18(21)25-16(12)32)28(19)17-14(31)13(30)10(6-29)33-17/h1-5,10,13-14,17,29-31H,6,20H2,(H3,21,24,25,32)/b27-26+/t10-,13-,14-,17-/m1/s1. The highest BCUT2D eigenvalue weighted by Gasteiger charge is 2.45. The Hall–Kier alpha value is -3.98. The van der Waals surface area contributed by atoms with Crippen LogP contribution in [0.2, 0.25) is 0 Å². The van der Waals surface area contributed by atoms with Gasteiger partial charge in [0.15, 0.2) is 23.2 Å². The first-order valence-electron chi connectivity index (χ1n) is 9.84. The molecule has 14 heteroatoms. The van der Waals surface area contributed by atoms with Crippen molar-refractivity contribution in [3.8, 4) is 0 Å². The third-order valence-electron chi connectivity index (χ3n) is 5.26. The summed E-state index contributed by atoms with van der Waals surface area (Å²) in [6, 6.07) is 8.61. The number of imidazole rings is 1. The van der Waals surface area contributed by atoms with Gasteiger partial charge in [0.2, 0.25) is 5.95 Å². The Bertz CT molecular complexity index is 1450. The third-order valence-corrected chi connectivity index (χ3v) is 5.26. The van der Waals surface area contributed by atoms with E-state index < -0.39 is 36.7 Å². The summed E-state index contributed by atoms with van der Waals surface area (Å²) in [7, 11) is 0. The van der Waals surface area contributed by atoms with Crippen molar-refractivity contribution in [2.24, 2.45) is 10.2 Å². The van der Waals surface area contributed by atoms with E-state index in [1.165, 1.54) is 4.57 Å². The van der Waals surface area contributed by atoms with Crippen molar-refractivity contribution < 1.29 is 20.1 Å². The van der Waals surface area contributed by atoms with Gasteiger partial charge >= 0.3 is 0 Å². The van der Waals surface area contributed by atoms with Crippen molar-refractivity contribution in [3.05, 3.63) is 40.7 Å². The first-order chi connectivity index (χ1) is 15.9. The Balaban J connectivity index is 1.62. The smallest absolute Gasteiger partial charge is 0.280 e.